The van der Waals surface area contributed by atoms with Gasteiger partial charge in [-0.05, 0) is 6.42 Å². The number of aliphatic hydroxyl groups is 1. The fourth-order valence-electron chi connectivity index (χ4n) is 1.21. The molecule has 2 unspecified atom stereocenters. The molecule has 0 aromatic carbocycles. The average Bonchev–Trinajstić information content (AvgIpc) is 2.58. The normalized spacial score (nSPS) is 26.6. The van der Waals surface area contributed by atoms with Crippen molar-refractivity contribution in [3.8, 4) is 0 Å². The van der Waals surface area contributed by atoms with Crippen LogP contribution < -0.4 is 0 Å². The van der Waals surface area contributed by atoms with E-state index in [0.29, 0.717) is 0 Å². The van der Waals surface area contributed by atoms with Crippen LogP contribution >= 0.6 is 0 Å². The zero-order valence-corrected chi connectivity index (χ0v) is 7.30. The van der Waals surface area contributed by atoms with Gasteiger partial charge in [0.05, 0.1) is 19.6 Å². The first-order chi connectivity index (χ1) is 5.95. The Hall–Kier alpha value is -0.710. The molecule has 1 aliphatic carbocycles. The number of ether oxygens (including phenoxy) is 1. The summed E-state index contributed by atoms with van der Waals surface area (Å²) in [5.41, 5.74) is 0. The molecule has 2 atom stereocenters. The molecule has 0 aromatic heterocycles. The monoisotopic (exact) mass is 194 g/mol. The molecule has 1 N–H and O–H groups in total. The molecule has 0 bridgehead atoms. The van der Waals surface area contributed by atoms with Crippen molar-refractivity contribution in [1.29, 1.82) is 0 Å². The van der Waals surface area contributed by atoms with Crippen molar-refractivity contribution in [3.63, 3.8) is 0 Å². The maximum absolute atomic E-state index is 12.3. The highest BCUT2D eigenvalue weighted by Crippen LogP contribution is 2.51. The predicted octanol–water partition coefficient (Wildman–Crippen LogP) is 0.956. The van der Waals surface area contributed by atoms with E-state index in [0.717, 1.165) is 0 Å². The lowest BCUT2D eigenvalue weighted by molar-refractivity contribution is -0.143. The molecule has 76 valence electrons. The Morgan fingerprint density at radius 2 is 2.31 bits per heavy atom. The van der Waals surface area contributed by atoms with Gasteiger partial charge in [-0.3, -0.25) is 4.79 Å². The number of hydrogen-bond acceptors (Lipinski definition) is 3. The molecule has 5 heteroatoms. The Kier molecular flexibility index (Phi) is 2.85. The van der Waals surface area contributed by atoms with Gasteiger partial charge >= 0.3 is 5.97 Å². The summed E-state index contributed by atoms with van der Waals surface area (Å²) in [4.78, 5) is 10.6. The molecule has 0 heterocycles. The van der Waals surface area contributed by atoms with Crippen LogP contribution in [-0.2, 0) is 9.53 Å². The number of methoxy groups -OCH3 is 1. The van der Waals surface area contributed by atoms with Crippen molar-refractivity contribution in [1.82, 2.24) is 0 Å². The summed E-state index contributed by atoms with van der Waals surface area (Å²) in [6.45, 7) is 0. The summed E-state index contributed by atoms with van der Waals surface area (Å²) >= 11 is 0. The number of carbonyl (C=O) groups excluding carboxylic acids is 1. The molecule has 0 amide bonds. The summed E-state index contributed by atoms with van der Waals surface area (Å²) in [6, 6.07) is 0. The fraction of sp³-hybridized carbons (Fsp3) is 0.875. The molecule has 0 saturated heterocycles. The van der Waals surface area contributed by atoms with Gasteiger partial charge in [0, 0.05) is 12.3 Å². The number of carbonyl (C=O) groups is 1. The molecule has 3 nitrogen and oxygen atoms in total. The predicted molar refractivity (Wildman–Crippen MR) is 40.3 cm³/mol. The summed E-state index contributed by atoms with van der Waals surface area (Å²) in [6.07, 6.45) is -1.41. The van der Waals surface area contributed by atoms with Crippen LogP contribution in [0.1, 0.15) is 19.3 Å². The van der Waals surface area contributed by atoms with E-state index in [1.54, 1.807) is 0 Å². The van der Waals surface area contributed by atoms with Crippen LogP contribution in [0.25, 0.3) is 0 Å². The number of aliphatic hydroxyl groups excluding tert-OH is 1. The van der Waals surface area contributed by atoms with Gasteiger partial charge in [-0.25, -0.2) is 8.78 Å². The third-order valence-electron chi connectivity index (χ3n) is 2.14. The Balaban J connectivity index is 2.19. The molecule has 1 aliphatic rings. The van der Waals surface area contributed by atoms with Crippen LogP contribution in [0.5, 0.6) is 0 Å². The van der Waals surface area contributed by atoms with E-state index in [9.17, 15) is 13.6 Å². The highest BCUT2D eigenvalue weighted by Gasteiger charge is 2.56. The Morgan fingerprint density at radius 3 is 2.69 bits per heavy atom. The van der Waals surface area contributed by atoms with Crippen molar-refractivity contribution < 1.29 is 23.4 Å². The number of esters is 1. The standard InChI is InChI=1S/C8H12F2O3/c1-13-7(12)3-6(11)2-5-4-8(5,9)10/h5-6,11H,2-4H2,1H3. The van der Waals surface area contributed by atoms with Crippen molar-refractivity contribution >= 4 is 5.97 Å². The van der Waals surface area contributed by atoms with Gasteiger partial charge in [0.15, 0.2) is 0 Å². The van der Waals surface area contributed by atoms with E-state index < -0.39 is 23.9 Å². The quantitative estimate of drug-likeness (QED) is 0.678. The van der Waals surface area contributed by atoms with Crippen LogP contribution in [0.2, 0.25) is 0 Å². The second kappa shape index (κ2) is 3.57. The molecular weight excluding hydrogens is 182 g/mol. The highest BCUT2D eigenvalue weighted by atomic mass is 19.3. The first-order valence-electron chi connectivity index (χ1n) is 4.08. The minimum absolute atomic E-state index is 0.0257. The van der Waals surface area contributed by atoms with Gasteiger partial charge in [0.1, 0.15) is 0 Å². The number of rotatable bonds is 4. The summed E-state index contributed by atoms with van der Waals surface area (Å²) in [5, 5.41) is 9.16. The molecule has 1 fully saturated rings. The van der Waals surface area contributed by atoms with E-state index >= 15 is 0 Å². The van der Waals surface area contributed by atoms with Gasteiger partial charge in [0.25, 0.3) is 5.92 Å². The van der Waals surface area contributed by atoms with Crippen LogP contribution in [-0.4, -0.2) is 30.2 Å². The van der Waals surface area contributed by atoms with E-state index in [1.165, 1.54) is 7.11 Å². The SMILES string of the molecule is COC(=O)CC(O)CC1CC1(F)F. The molecule has 0 spiro atoms. The number of hydrogen-bond donors (Lipinski definition) is 1. The van der Waals surface area contributed by atoms with Crippen molar-refractivity contribution in [2.75, 3.05) is 7.11 Å². The maximum Gasteiger partial charge on any atom is 0.308 e. The van der Waals surface area contributed by atoms with Crippen molar-refractivity contribution in [2.45, 2.75) is 31.3 Å². The lowest BCUT2D eigenvalue weighted by Gasteiger charge is -2.07. The van der Waals surface area contributed by atoms with Crippen LogP contribution in [0.3, 0.4) is 0 Å². The van der Waals surface area contributed by atoms with E-state index in [2.05, 4.69) is 4.74 Å². The van der Waals surface area contributed by atoms with Gasteiger partial charge in [-0.15, -0.1) is 0 Å². The van der Waals surface area contributed by atoms with Gasteiger partial charge in [-0.1, -0.05) is 0 Å². The van der Waals surface area contributed by atoms with E-state index in [4.69, 9.17) is 5.11 Å². The minimum atomic E-state index is -2.63. The largest absolute Gasteiger partial charge is 0.469 e. The topological polar surface area (TPSA) is 46.5 Å². The molecule has 0 radical (unpaired) electrons. The van der Waals surface area contributed by atoms with Crippen LogP contribution in [0, 0.1) is 5.92 Å². The highest BCUT2D eigenvalue weighted by molar-refractivity contribution is 5.69. The molecule has 0 aliphatic heterocycles. The Morgan fingerprint density at radius 1 is 1.77 bits per heavy atom. The first kappa shape index (κ1) is 10.4. The van der Waals surface area contributed by atoms with Crippen LogP contribution in [0.4, 0.5) is 8.78 Å². The third kappa shape index (κ3) is 2.91. The van der Waals surface area contributed by atoms with Gasteiger partial charge in [0.2, 0.25) is 0 Å². The molecular formula is C8H12F2O3. The molecule has 1 saturated carbocycles. The van der Waals surface area contributed by atoms with Gasteiger partial charge in [-0.2, -0.15) is 0 Å². The second-order valence-electron chi connectivity index (χ2n) is 3.33. The zero-order chi connectivity index (χ0) is 10.1. The van der Waals surface area contributed by atoms with E-state index in [-0.39, 0.29) is 19.3 Å². The second-order valence-corrected chi connectivity index (χ2v) is 3.33. The number of halogens is 2. The van der Waals surface area contributed by atoms with Crippen LogP contribution in [0.15, 0.2) is 0 Å². The first-order valence-corrected chi connectivity index (χ1v) is 4.08. The zero-order valence-electron chi connectivity index (χ0n) is 7.30. The summed E-state index contributed by atoms with van der Waals surface area (Å²) < 4.78 is 29.0. The maximum atomic E-state index is 12.3. The number of alkyl halides is 2. The fourth-order valence-corrected chi connectivity index (χ4v) is 1.21. The van der Waals surface area contributed by atoms with Crippen molar-refractivity contribution in [2.24, 2.45) is 5.92 Å². The van der Waals surface area contributed by atoms with Gasteiger partial charge < -0.3 is 9.84 Å². The molecule has 13 heavy (non-hydrogen) atoms. The smallest absolute Gasteiger partial charge is 0.308 e. The van der Waals surface area contributed by atoms with E-state index in [1.807, 2.05) is 0 Å². The molecule has 0 aromatic rings. The Labute approximate surface area is 74.7 Å². The molecule has 1 rings (SSSR count). The minimum Gasteiger partial charge on any atom is -0.469 e. The third-order valence-corrected chi connectivity index (χ3v) is 2.14. The lowest BCUT2D eigenvalue weighted by Crippen LogP contribution is -2.16. The van der Waals surface area contributed by atoms with Crippen molar-refractivity contribution in [3.05, 3.63) is 0 Å². The lowest BCUT2D eigenvalue weighted by atomic mass is 10.1. The average molecular weight is 194 g/mol. The summed E-state index contributed by atoms with van der Waals surface area (Å²) in [7, 11) is 1.20. The Bertz CT molecular complexity index is 206. The summed E-state index contributed by atoms with van der Waals surface area (Å²) in [5.74, 6) is -3.96.